The minimum atomic E-state index is -0.208. The maximum Gasteiger partial charge on any atom is 0.118 e. The van der Waals surface area contributed by atoms with E-state index in [2.05, 4.69) is 4.90 Å². The summed E-state index contributed by atoms with van der Waals surface area (Å²) in [5.41, 5.74) is -0.208. The molecule has 0 aliphatic carbocycles. The minimum Gasteiger partial charge on any atom is -0.465 e. The Kier molecular flexibility index (Phi) is 3.34. The Morgan fingerprint density at radius 2 is 2.07 bits per heavy atom. The second-order valence-corrected chi connectivity index (χ2v) is 4.34. The summed E-state index contributed by atoms with van der Waals surface area (Å²) in [6.07, 6.45) is 0. The Bertz CT molecular complexity index is 291. The third-order valence-corrected chi connectivity index (χ3v) is 2.61. The van der Waals surface area contributed by atoms with Crippen LogP contribution in [0.4, 0.5) is 0 Å². The lowest BCUT2D eigenvalue weighted by Crippen LogP contribution is -2.43. The molecule has 1 heterocycles. The first-order valence-electron chi connectivity index (χ1n) is 4.83. The molecule has 0 saturated heterocycles. The van der Waals surface area contributed by atoms with Crippen LogP contribution in [0.25, 0.3) is 0 Å². The number of likely N-dealkylation sites (N-methyl/N-ethyl adjacent to an activating group) is 1. The lowest BCUT2D eigenvalue weighted by molar-refractivity contribution is 0.0680. The number of aliphatic hydroxyl groups is 1. The minimum absolute atomic E-state index is 0.142. The van der Waals surface area contributed by atoms with Crippen LogP contribution in [0.15, 0.2) is 16.5 Å². The van der Waals surface area contributed by atoms with Crippen LogP contribution >= 0.6 is 0 Å². The quantitative estimate of drug-likeness (QED) is 0.799. The van der Waals surface area contributed by atoms with E-state index in [0.717, 1.165) is 18.1 Å². The average Bonchev–Trinajstić information content (AvgIpc) is 2.51. The molecule has 1 N–H and O–H groups in total. The Morgan fingerprint density at radius 1 is 1.43 bits per heavy atom. The first kappa shape index (κ1) is 11.3. The van der Waals surface area contributed by atoms with Crippen LogP contribution in [0.3, 0.4) is 0 Å². The van der Waals surface area contributed by atoms with Gasteiger partial charge in [0.1, 0.15) is 11.5 Å². The average molecular weight is 197 g/mol. The zero-order valence-corrected chi connectivity index (χ0v) is 9.37. The number of nitrogens with zero attached hydrogens (tertiary/aromatic N) is 1. The van der Waals surface area contributed by atoms with Crippen LogP contribution in [0.1, 0.15) is 25.4 Å². The fourth-order valence-electron chi connectivity index (χ4n) is 1.14. The van der Waals surface area contributed by atoms with Gasteiger partial charge < -0.3 is 9.52 Å². The molecule has 0 fully saturated rings. The SMILES string of the molecule is Cc1ccc(CN(C)C(C)(C)CO)o1. The molecule has 1 rings (SSSR count). The van der Waals surface area contributed by atoms with E-state index in [1.54, 1.807) is 0 Å². The maximum absolute atomic E-state index is 9.18. The molecule has 0 aromatic carbocycles. The number of rotatable bonds is 4. The number of furan rings is 1. The predicted octanol–water partition coefficient (Wildman–Crippen LogP) is 1.79. The number of hydrogen-bond acceptors (Lipinski definition) is 3. The highest BCUT2D eigenvalue weighted by Crippen LogP contribution is 2.16. The van der Waals surface area contributed by atoms with E-state index in [0.29, 0.717) is 0 Å². The molecule has 0 unspecified atom stereocenters. The Labute approximate surface area is 85.3 Å². The van der Waals surface area contributed by atoms with Crippen molar-refractivity contribution in [3.05, 3.63) is 23.7 Å². The number of aliphatic hydroxyl groups excluding tert-OH is 1. The standard InChI is InChI=1S/C11H19NO2/c1-9-5-6-10(14-9)7-12(4)11(2,3)8-13/h5-6,13H,7-8H2,1-4H3. The van der Waals surface area contributed by atoms with Crippen LogP contribution in [-0.4, -0.2) is 29.2 Å². The zero-order valence-electron chi connectivity index (χ0n) is 9.37. The van der Waals surface area contributed by atoms with E-state index in [-0.39, 0.29) is 12.1 Å². The van der Waals surface area contributed by atoms with Crippen molar-refractivity contribution in [3.63, 3.8) is 0 Å². The summed E-state index contributed by atoms with van der Waals surface area (Å²) >= 11 is 0. The summed E-state index contributed by atoms with van der Waals surface area (Å²) in [4.78, 5) is 2.07. The van der Waals surface area contributed by atoms with E-state index in [9.17, 15) is 5.11 Å². The van der Waals surface area contributed by atoms with Crippen molar-refractivity contribution in [2.24, 2.45) is 0 Å². The fourth-order valence-corrected chi connectivity index (χ4v) is 1.14. The summed E-state index contributed by atoms with van der Waals surface area (Å²) in [7, 11) is 1.98. The molecule has 80 valence electrons. The van der Waals surface area contributed by atoms with Gasteiger partial charge in [-0.2, -0.15) is 0 Å². The molecule has 14 heavy (non-hydrogen) atoms. The van der Waals surface area contributed by atoms with E-state index >= 15 is 0 Å². The second kappa shape index (κ2) is 4.15. The van der Waals surface area contributed by atoms with Gasteiger partial charge in [0.15, 0.2) is 0 Å². The summed E-state index contributed by atoms with van der Waals surface area (Å²) in [6, 6.07) is 3.93. The molecular weight excluding hydrogens is 178 g/mol. The van der Waals surface area contributed by atoms with Gasteiger partial charge in [0.05, 0.1) is 13.2 Å². The molecule has 0 spiro atoms. The summed E-state index contributed by atoms with van der Waals surface area (Å²) < 4.78 is 5.47. The highest BCUT2D eigenvalue weighted by Gasteiger charge is 2.22. The lowest BCUT2D eigenvalue weighted by atomic mass is 10.1. The molecule has 1 aromatic rings. The first-order valence-corrected chi connectivity index (χ1v) is 4.83. The van der Waals surface area contributed by atoms with Crippen LogP contribution in [0, 0.1) is 6.92 Å². The van der Waals surface area contributed by atoms with Gasteiger partial charge in [0.2, 0.25) is 0 Å². The van der Waals surface area contributed by atoms with Gasteiger partial charge in [-0.3, -0.25) is 4.90 Å². The van der Waals surface area contributed by atoms with Crippen molar-refractivity contribution >= 4 is 0 Å². The fraction of sp³-hybridized carbons (Fsp3) is 0.636. The first-order chi connectivity index (χ1) is 6.45. The molecule has 0 aliphatic rings. The molecule has 0 amide bonds. The van der Waals surface area contributed by atoms with Gasteiger partial charge in [-0.1, -0.05) is 0 Å². The van der Waals surface area contributed by atoms with Crippen molar-refractivity contribution in [2.45, 2.75) is 32.9 Å². The monoisotopic (exact) mass is 197 g/mol. The summed E-state index contributed by atoms with van der Waals surface area (Å²) in [5, 5.41) is 9.18. The van der Waals surface area contributed by atoms with Crippen LogP contribution in [-0.2, 0) is 6.54 Å². The number of hydrogen-bond donors (Lipinski definition) is 1. The molecule has 0 saturated carbocycles. The normalized spacial score (nSPS) is 12.4. The highest BCUT2D eigenvalue weighted by molar-refractivity contribution is 5.05. The van der Waals surface area contributed by atoms with E-state index in [1.807, 2.05) is 40.0 Å². The van der Waals surface area contributed by atoms with Gasteiger partial charge in [0.25, 0.3) is 0 Å². The molecule has 3 nitrogen and oxygen atoms in total. The third kappa shape index (κ3) is 2.59. The van der Waals surface area contributed by atoms with E-state index in [4.69, 9.17) is 4.42 Å². The summed E-state index contributed by atoms with van der Waals surface area (Å²) in [6.45, 7) is 6.80. The Hall–Kier alpha value is -0.800. The molecule has 0 aliphatic heterocycles. The highest BCUT2D eigenvalue weighted by atomic mass is 16.3. The Balaban J connectivity index is 2.61. The topological polar surface area (TPSA) is 36.6 Å². The van der Waals surface area contributed by atoms with E-state index in [1.165, 1.54) is 0 Å². The smallest absolute Gasteiger partial charge is 0.118 e. The van der Waals surface area contributed by atoms with Crippen molar-refractivity contribution in [2.75, 3.05) is 13.7 Å². The van der Waals surface area contributed by atoms with Crippen molar-refractivity contribution < 1.29 is 9.52 Å². The lowest BCUT2D eigenvalue weighted by Gasteiger charge is -2.33. The second-order valence-electron chi connectivity index (χ2n) is 4.34. The van der Waals surface area contributed by atoms with Gasteiger partial charge >= 0.3 is 0 Å². The van der Waals surface area contributed by atoms with Crippen LogP contribution in [0.2, 0.25) is 0 Å². The zero-order chi connectivity index (χ0) is 10.8. The Morgan fingerprint density at radius 3 is 2.50 bits per heavy atom. The van der Waals surface area contributed by atoms with Crippen LogP contribution in [0.5, 0.6) is 0 Å². The van der Waals surface area contributed by atoms with Gasteiger partial charge in [-0.25, -0.2) is 0 Å². The van der Waals surface area contributed by atoms with Gasteiger partial charge in [-0.15, -0.1) is 0 Å². The molecule has 0 atom stereocenters. The third-order valence-electron chi connectivity index (χ3n) is 2.61. The maximum atomic E-state index is 9.18. The molecule has 1 aromatic heterocycles. The van der Waals surface area contributed by atoms with Crippen molar-refractivity contribution in [3.8, 4) is 0 Å². The summed E-state index contributed by atoms with van der Waals surface area (Å²) in [5.74, 6) is 1.86. The van der Waals surface area contributed by atoms with Crippen molar-refractivity contribution in [1.82, 2.24) is 4.90 Å². The van der Waals surface area contributed by atoms with Gasteiger partial charge in [-0.05, 0) is 40.0 Å². The number of aryl methyl sites for hydroxylation is 1. The van der Waals surface area contributed by atoms with E-state index < -0.39 is 0 Å². The molecule has 0 radical (unpaired) electrons. The molecule has 3 heteroatoms. The molecule has 0 bridgehead atoms. The largest absolute Gasteiger partial charge is 0.465 e. The molecular formula is C11H19NO2. The van der Waals surface area contributed by atoms with Crippen LogP contribution < -0.4 is 0 Å². The van der Waals surface area contributed by atoms with Crippen molar-refractivity contribution in [1.29, 1.82) is 0 Å². The predicted molar refractivity (Wildman–Crippen MR) is 56.1 cm³/mol. The van der Waals surface area contributed by atoms with Gasteiger partial charge in [0, 0.05) is 5.54 Å².